The van der Waals surface area contributed by atoms with Crippen LogP contribution in [0, 0.1) is 5.41 Å². The van der Waals surface area contributed by atoms with Crippen LogP contribution in [0.1, 0.15) is 50.4 Å². The van der Waals surface area contributed by atoms with Gasteiger partial charge in [-0.25, -0.2) is 0 Å². The smallest absolute Gasteiger partial charge is 0.228 e. The number of anilines is 1. The summed E-state index contributed by atoms with van der Waals surface area (Å²) in [7, 11) is 0. The van der Waals surface area contributed by atoms with Crippen LogP contribution in [-0.2, 0) is 17.6 Å². The molecule has 0 aromatic heterocycles. The van der Waals surface area contributed by atoms with E-state index < -0.39 is 0 Å². The Morgan fingerprint density at radius 2 is 2.06 bits per heavy atom. The number of hydrogen-bond acceptors (Lipinski definition) is 2. The van der Waals surface area contributed by atoms with Gasteiger partial charge < -0.3 is 11.1 Å². The molecule has 0 radical (unpaired) electrons. The summed E-state index contributed by atoms with van der Waals surface area (Å²) in [5, 5.41) is 2.95. The van der Waals surface area contributed by atoms with Crippen molar-refractivity contribution in [3.05, 3.63) is 28.8 Å². The Hall–Kier alpha value is -1.35. The summed E-state index contributed by atoms with van der Waals surface area (Å²) in [4.78, 5) is 11.6. The molecule has 0 saturated heterocycles. The molecule has 1 aromatic carbocycles. The molecule has 3 nitrogen and oxygen atoms in total. The third-order valence-electron chi connectivity index (χ3n) is 3.60. The minimum Gasteiger partial charge on any atom is -0.325 e. The van der Waals surface area contributed by atoms with Gasteiger partial charge in [0.1, 0.15) is 0 Å². The Kier molecular flexibility index (Phi) is 3.20. The maximum absolute atomic E-state index is 11.6. The molecule has 0 bridgehead atoms. The van der Waals surface area contributed by atoms with Gasteiger partial charge in [0, 0.05) is 11.7 Å². The van der Waals surface area contributed by atoms with Crippen molar-refractivity contribution in [1.29, 1.82) is 0 Å². The third-order valence-corrected chi connectivity index (χ3v) is 3.60. The number of fused-ring (bicyclic) bond motifs is 1. The number of benzene rings is 1. The van der Waals surface area contributed by atoms with Crippen molar-refractivity contribution in [2.24, 2.45) is 11.1 Å². The molecule has 1 aromatic rings. The Morgan fingerprint density at radius 1 is 1.39 bits per heavy atom. The number of hydrogen-bond donors (Lipinski definition) is 2. The number of aryl methyl sites for hydroxylation is 1. The van der Waals surface area contributed by atoms with Crippen molar-refractivity contribution in [3.63, 3.8) is 0 Å². The Morgan fingerprint density at radius 3 is 2.61 bits per heavy atom. The van der Waals surface area contributed by atoms with E-state index in [-0.39, 0.29) is 17.4 Å². The van der Waals surface area contributed by atoms with Gasteiger partial charge in [0.25, 0.3) is 0 Å². The zero-order valence-electron chi connectivity index (χ0n) is 11.6. The second-order valence-corrected chi connectivity index (χ2v) is 6.14. The first kappa shape index (κ1) is 13.1. The first-order chi connectivity index (χ1) is 8.32. The van der Waals surface area contributed by atoms with E-state index in [9.17, 15) is 4.79 Å². The third kappa shape index (κ3) is 2.27. The number of carbonyl (C=O) groups is 1. The fourth-order valence-electron chi connectivity index (χ4n) is 2.36. The lowest BCUT2D eigenvalue weighted by molar-refractivity contribution is -0.115. The number of rotatable bonds is 2. The van der Waals surface area contributed by atoms with Crippen LogP contribution in [0.15, 0.2) is 12.1 Å². The van der Waals surface area contributed by atoms with Crippen molar-refractivity contribution >= 4 is 11.6 Å². The lowest BCUT2D eigenvalue weighted by atomic mass is 9.81. The van der Waals surface area contributed by atoms with Crippen LogP contribution in [0.4, 0.5) is 5.69 Å². The number of carbonyl (C=O) groups excluding carboxylic acids is 1. The zero-order valence-corrected chi connectivity index (χ0v) is 11.6. The zero-order chi connectivity index (χ0) is 13.5. The van der Waals surface area contributed by atoms with Gasteiger partial charge in [0.15, 0.2) is 0 Å². The average molecular weight is 246 g/mol. The molecular formula is C15H22N2O. The lowest BCUT2D eigenvalue weighted by Crippen LogP contribution is -2.27. The summed E-state index contributed by atoms with van der Waals surface area (Å²) >= 11 is 0. The summed E-state index contributed by atoms with van der Waals surface area (Å²) in [5.74, 6) is 0.0700. The predicted molar refractivity (Wildman–Crippen MR) is 74.5 cm³/mol. The van der Waals surface area contributed by atoms with E-state index in [0.717, 1.165) is 23.2 Å². The van der Waals surface area contributed by atoms with E-state index in [1.807, 2.05) is 0 Å². The Labute approximate surface area is 109 Å². The molecule has 1 heterocycles. The monoisotopic (exact) mass is 246 g/mol. The Bertz CT molecular complexity index is 486. The maximum atomic E-state index is 11.6. The highest BCUT2D eigenvalue weighted by atomic mass is 16.1. The van der Waals surface area contributed by atoms with E-state index in [0.29, 0.717) is 6.42 Å². The van der Waals surface area contributed by atoms with E-state index in [1.54, 1.807) is 0 Å². The van der Waals surface area contributed by atoms with Gasteiger partial charge in [-0.3, -0.25) is 4.79 Å². The molecule has 0 spiro atoms. The van der Waals surface area contributed by atoms with Crippen LogP contribution in [0.25, 0.3) is 0 Å². The lowest BCUT2D eigenvalue weighted by Gasteiger charge is -2.29. The van der Waals surface area contributed by atoms with E-state index in [2.05, 4.69) is 45.1 Å². The van der Waals surface area contributed by atoms with Gasteiger partial charge in [-0.2, -0.15) is 0 Å². The summed E-state index contributed by atoms with van der Waals surface area (Å²) in [5.41, 5.74) is 10.7. The standard InChI is InChI=1S/C15H22N2O/c1-5-9-6-10-8-12(18)17-13(10)11(7-9)14(16)15(2,3)4/h6-7,14H,5,8,16H2,1-4H3,(H,17,18). The maximum Gasteiger partial charge on any atom is 0.228 e. The highest BCUT2D eigenvalue weighted by Crippen LogP contribution is 2.39. The van der Waals surface area contributed by atoms with Crippen LogP contribution in [-0.4, -0.2) is 5.91 Å². The van der Waals surface area contributed by atoms with Gasteiger partial charge >= 0.3 is 0 Å². The molecular weight excluding hydrogens is 224 g/mol. The quantitative estimate of drug-likeness (QED) is 0.843. The van der Waals surface area contributed by atoms with Crippen molar-refractivity contribution < 1.29 is 4.79 Å². The van der Waals surface area contributed by atoms with Crippen LogP contribution in [0.5, 0.6) is 0 Å². The molecule has 3 N–H and O–H groups in total. The number of nitrogens with one attached hydrogen (secondary N) is 1. The van der Waals surface area contributed by atoms with E-state index in [1.165, 1.54) is 5.56 Å². The molecule has 18 heavy (non-hydrogen) atoms. The SMILES string of the molecule is CCc1cc2c(c(C(N)C(C)(C)C)c1)NC(=O)C2. The first-order valence-electron chi connectivity index (χ1n) is 6.54. The normalized spacial score (nSPS) is 16.4. The molecule has 1 atom stereocenters. The minimum atomic E-state index is -0.0730. The second-order valence-electron chi connectivity index (χ2n) is 6.14. The highest BCUT2D eigenvalue weighted by molar-refractivity contribution is 6.00. The molecule has 2 rings (SSSR count). The van der Waals surface area contributed by atoms with Crippen molar-refractivity contribution in [1.82, 2.24) is 0 Å². The van der Waals surface area contributed by atoms with Crippen LogP contribution >= 0.6 is 0 Å². The summed E-state index contributed by atoms with van der Waals surface area (Å²) in [6, 6.07) is 4.18. The first-order valence-corrected chi connectivity index (χ1v) is 6.54. The Balaban J connectivity index is 2.53. The molecule has 1 amide bonds. The summed E-state index contributed by atoms with van der Waals surface area (Å²) in [6.07, 6.45) is 1.44. The molecule has 3 heteroatoms. The van der Waals surface area contributed by atoms with Crippen molar-refractivity contribution in [3.8, 4) is 0 Å². The number of nitrogens with two attached hydrogens (primary N) is 1. The van der Waals surface area contributed by atoms with Crippen LogP contribution < -0.4 is 11.1 Å². The second kappa shape index (κ2) is 4.39. The van der Waals surface area contributed by atoms with Gasteiger partial charge in [-0.15, -0.1) is 0 Å². The van der Waals surface area contributed by atoms with E-state index >= 15 is 0 Å². The minimum absolute atomic E-state index is 0.0204. The van der Waals surface area contributed by atoms with Gasteiger partial charge in [0.2, 0.25) is 5.91 Å². The molecule has 1 unspecified atom stereocenters. The molecule has 1 aliphatic heterocycles. The summed E-state index contributed by atoms with van der Waals surface area (Å²) < 4.78 is 0. The predicted octanol–water partition coefficient (Wildman–Crippen LogP) is 2.79. The van der Waals surface area contributed by atoms with Crippen LogP contribution in [0.3, 0.4) is 0 Å². The molecule has 0 saturated carbocycles. The average Bonchev–Trinajstić information content (AvgIpc) is 2.65. The van der Waals surface area contributed by atoms with Crippen molar-refractivity contribution in [2.75, 3.05) is 5.32 Å². The van der Waals surface area contributed by atoms with Crippen LogP contribution in [0.2, 0.25) is 0 Å². The molecule has 1 aliphatic rings. The topological polar surface area (TPSA) is 55.1 Å². The van der Waals surface area contributed by atoms with Gasteiger partial charge in [-0.05, 0) is 28.5 Å². The summed E-state index contributed by atoms with van der Waals surface area (Å²) in [6.45, 7) is 8.50. The molecule has 0 fully saturated rings. The van der Waals surface area contributed by atoms with Gasteiger partial charge in [-0.1, -0.05) is 39.8 Å². The highest BCUT2D eigenvalue weighted by Gasteiger charge is 2.29. The number of amides is 1. The van der Waals surface area contributed by atoms with E-state index in [4.69, 9.17) is 5.73 Å². The fraction of sp³-hybridized carbons (Fsp3) is 0.533. The van der Waals surface area contributed by atoms with Crippen molar-refractivity contribution in [2.45, 2.75) is 46.6 Å². The van der Waals surface area contributed by atoms with Gasteiger partial charge in [0.05, 0.1) is 6.42 Å². The molecule has 98 valence electrons. The molecule has 0 aliphatic carbocycles. The largest absolute Gasteiger partial charge is 0.325 e. The fourth-order valence-corrected chi connectivity index (χ4v) is 2.36.